The van der Waals surface area contributed by atoms with Crippen LogP contribution in [0.1, 0.15) is 67.9 Å². The predicted octanol–water partition coefficient (Wildman–Crippen LogP) is 7.10. The fourth-order valence-corrected chi connectivity index (χ4v) is 4.57. The number of fused-ring (bicyclic) bond motifs is 1. The van der Waals surface area contributed by atoms with E-state index in [1.165, 1.54) is 34.9 Å². The predicted molar refractivity (Wildman–Crippen MR) is 142 cm³/mol. The van der Waals surface area contributed by atoms with E-state index in [1.54, 1.807) is 0 Å². The van der Waals surface area contributed by atoms with Crippen LogP contribution < -0.4 is 5.32 Å². The highest BCUT2D eigenvalue weighted by atomic mass is 16.6. The standard InChI is InChI=1S/C30H35N3O2/c1-2-3-18-35-30(34)27-20-25(23-11-12-23)21-31-29(27)32-26-13-14-28-24(19-26)15-17-33(28)16-7-10-22-8-5-4-6-9-22/h4-6,8-9,13-15,17,19-21,23,30,34H,2-3,7,10-12,16,18H2,1H3,(H,31,32). The van der Waals surface area contributed by atoms with E-state index in [0.29, 0.717) is 23.9 Å². The van der Waals surface area contributed by atoms with E-state index in [-0.39, 0.29) is 0 Å². The molecule has 1 saturated carbocycles. The smallest absolute Gasteiger partial charge is 0.184 e. The summed E-state index contributed by atoms with van der Waals surface area (Å²) in [6.07, 6.45) is 9.64. The van der Waals surface area contributed by atoms with Gasteiger partial charge in [-0.15, -0.1) is 0 Å². The van der Waals surface area contributed by atoms with E-state index >= 15 is 0 Å². The number of rotatable bonds is 12. The Bertz CT molecular complexity index is 1250. The van der Waals surface area contributed by atoms with Gasteiger partial charge in [-0.1, -0.05) is 43.7 Å². The molecule has 5 rings (SSSR count). The number of nitrogens with zero attached hydrogens (tertiary/aromatic N) is 2. The maximum atomic E-state index is 10.8. The number of aromatic nitrogens is 2. The summed E-state index contributed by atoms with van der Waals surface area (Å²) < 4.78 is 8.04. The number of benzene rings is 2. The molecule has 0 aliphatic heterocycles. The van der Waals surface area contributed by atoms with Gasteiger partial charge in [0.15, 0.2) is 6.29 Å². The molecule has 182 valence electrons. The SMILES string of the molecule is CCCCOC(O)c1cc(C2CC2)cnc1Nc1ccc2c(ccn2CCCc2ccccc2)c1. The Morgan fingerprint density at radius 2 is 1.94 bits per heavy atom. The molecule has 5 heteroatoms. The molecule has 5 nitrogen and oxygen atoms in total. The van der Waals surface area contributed by atoms with Crippen LogP contribution in [-0.2, 0) is 17.7 Å². The molecule has 1 aliphatic rings. The molecule has 1 unspecified atom stereocenters. The second-order valence-corrected chi connectivity index (χ2v) is 9.55. The number of nitrogens with one attached hydrogen (secondary N) is 1. The maximum absolute atomic E-state index is 10.8. The molecule has 0 radical (unpaired) electrons. The van der Waals surface area contributed by atoms with E-state index in [2.05, 4.69) is 88.7 Å². The van der Waals surface area contributed by atoms with Crippen molar-refractivity contribution < 1.29 is 9.84 Å². The summed E-state index contributed by atoms with van der Waals surface area (Å²) in [6, 6.07) is 21.3. The van der Waals surface area contributed by atoms with Crippen molar-refractivity contribution in [3.8, 4) is 0 Å². The van der Waals surface area contributed by atoms with Gasteiger partial charge in [0, 0.05) is 35.5 Å². The molecule has 1 aliphatic carbocycles. The molecule has 1 fully saturated rings. The van der Waals surface area contributed by atoms with Crippen molar-refractivity contribution in [3.05, 3.63) is 89.7 Å². The highest BCUT2D eigenvalue weighted by Crippen LogP contribution is 2.41. The molecule has 2 N–H and O–H groups in total. The third kappa shape index (κ3) is 5.92. The molecule has 0 bridgehead atoms. The lowest BCUT2D eigenvalue weighted by Gasteiger charge is -2.18. The molecule has 0 saturated heterocycles. The Kier molecular flexibility index (Phi) is 7.45. The van der Waals surface area contributed by atoms with Crippen LogP contribution in [-0.4, -0.2) is 21.3 Å². The fraction of sp³-hybridized carbons (Fsp3) is 0.367. The van der Waals surface area contributed by atoms with Crippen molar-refractivity contribution in [3.63, 3.8) is 0 Å². The highest BCUT2D eigenvalue weighted by molar-refractivity contribution is 5.84. The Morgan fingerprint density at radius 3 is 2.74 bits per heavy atom. The molecular formula is C30H35N3O2. The van der Waals surface area contributed by atoms with E-state index in [4.69, 9.17) is 4.74 Å². The van der Waals surface area contributed by atoms with Gasteiger partial charge in [0.05, 0.1) is 12.2 Å². The number of hydrogen-bond donors (Lipinski definition) is 2. The van der Waals surface area contributed by atoms with Crippen LogP contribution in [0.5, 0.6) is 0 Å². The molecule has 35 heavy (non-hydrogen) atoms. The topological polar surface area (TPSA) is 59.3 Å². The van der Waals surface area contributed by atoms with Crippen LogP contribution in [0.15, 0.2) is 73.1 Å². The van der Waals surface area contributed by atoms with Crippen LogP contribution in [0.2, 0.25) is 0 Å². The van der Waals surface area contributed by atoms with Crippen LogP contribution in [0.4, 0.5) is 11.5 Å². The van der Waals surface area contributed by atoms with E-state index in [9.17, 15) is 5.11 Å². The van der Waals surface area contributed by atoms with Crippen LogP contribution in [0, 0.1) is 0 Å². The number of unbranched alkanes of at least 4 members (excludes halogenated alkanes) is 1. The van der Waals surface area contributed by atoms with E-state index in [0.717, 1.165) is 37.9 Å². The summed E-state index contributed by atoms with van der Waals surface area (Å²) in [5.41, 5.74) is 5.46. The highest BCUT2D eigenvalue weighted by Gasteiger charge is 2.26. The lowest BCUT2D eigenvalue weighted by atomic mass is 10.1. The van der Waals surface area contributed by atoms with Crippen LogP contribution in [0.3, 0.4) is 0 Å². The average Bonchev–Trinajstić information content (AvgIpc) is 3.66. The minimum absolute atomic E-state index is 0.536. The second kappa shape index (κ2) is 11.1. The quantitative estimate of drug-likeness (QED) is 0.172. The van der Waals surface area contributed by atoms with Crippen molar-refractivity contribution in [2.45, 2.75) is 64.2 Å². The summed E-state index contributed by atoms with van der Waals surface area (Å²) in [4.78, 5) is 4.68. The molecule has 2 heterocycles. The van der Waals surface area contributed by atoms with Crippen molar-refractivity contribution >= 4 is 22.4 Å². The average molecular weight is 470 g/mol. The maximum Gasteiger partial charge on any atom is 0.184 e. The summed E-state index contributed by atoms with van der Waals surface area (Å²) in [7, 11) is 0. The Morgan fingerprint density at radius 1 is 1.09 bits per heavy atom. The van der Waals surface area contributed by atoms with Gasteiger partial charge in [-0.25, -0.2) is 4.98 Å². The van der Waals surface area contributed by atoms with Gasteiger partial charge in [0.2, 0.25) is 0 Å². The van der Waals surface area contributed by atoms with E-state index in [1.807, 2.05) is 6.20 Å². The zero-order valence-electron chi connectivity index (χ0n) is 20.5. The Labute approximate surface area is 207 Å². The molecule has 1 atom stereocenters. The summed E-state index contributed by atoms with van der Waals surface area (Å²) in [5, 5.41) is 15.4. The third-order valence-corrected chi connectivity index (χ3v) is 6.77. The summed E-state index contributed by atoms with van der Waals surface area (Å²) in [6.45, 7) is 3.64. The number of hydrogen-bond acceptors (Lipinski definition) is 4. The first-order valence-electron chi connectivity index (χ1n) is 12.9. The first-order chi connectivity index (χ1) is 17.2. The number of anilines is 2. The first kappa shape index (κ1) is 23.6. The van der Waals surface area contributed by atoms with Crippen molar-refractivity contribution in [1.29, 1.82) is 0 Å². The summed E-state index contributed by atoms with van der Waals surface area (Å²) >= 11 is 0. The molecule has 0 amide bonds. The van der Waals surface area contributed by atoms with Gasteiger partial charge < -0.3 is 19.7 Å². The molecule has 2 aromatic heterocycles. The lowest BCUT2D eigenvalue weighted by molar-refractivity contribution is -0.103. The minimum atomic E-state index is -0.982. The van der Waals surface area contributed by atoms with Crippen LogP contribution in [0.25, 0.3) is 10.9 Å². The molecular weight excluding hydrogens is 434 g/mol. The van der Waals surface area contributed by atoms with Gasteiger partial charge >= 0.3 is 0 Å². The van der Waals surface area contributed by atoms with Crippen molar-refractivity contribution in [2.24, 2.45) is 0 Å². The van der Waals surface area contributed by atoms with E-state index < -0.39 is 6.29 Å². The summed E-state index contributed by atoms with van der Waals surface area (Å²) in [5.74, 6) is 1.22. The zero-order valence-corrected chi connectivity index (χ0v) is 20.5. The number of aliphatic hydroxyl groups excluding tert-OH is 1. The largest absolute Gasteiger partial charge is 0.364 e. The first-order valence-corrected chi connectivity index (χ1v) is 12.9. The van der Waals surface area contributed by atoms with Gasteiger partial charge in [0.25, 0.3) is 0 Å². The molecule has 0 spiro atoms. The van der Waals surface area contributed by atoms with Gasteiger partial charge in [0.1, 0.15) is 5.82 Å². The van der Waals surface area contributed by atoms with Gasteiger partial charge in [-0.3, -0.25) is 0 Å². The number of aliphatic hydroxyl groups is 1. The molecule has 4 aromatic rings. The third-order valence-electron chi connectivity index (χ3n) is 6.77. The van der Waals surface area contributed by atoms with Gasteiger partial charge in [-0.2, -0.15) is 0 Å². The van der Waals surface area contributed by atoms with Crippen molar-refractivity contribution in [2.75, 3.05) is 11.9 Å². The Hall–Kier alpha value is -3.15. The second-order valence-electron chi connectivity index (χ2n) is 9.55. The molecule has 2 aromatic carbocycles. The van der Waals surface area contributed by atoms with Crippen molar-refractivity contribution in [1.82, 2.24) is 9.55 Å². The van der Waals surface area contributed by atoms with Gasteiger partial charge in [-0.05, 0) is 79.5 Å². The zero-order chi connectivity index (χ0) is 24.0. The number of pyridine rings is 1. The number of aryl methyl sites for hydroxylation is 2. The normalized spacial score (nSPS) is 14.3. The number of ether oxygens (including phenoxy) is 1. The Balaban J connectivity index is 1.30. The van der Waals surface area contributed by atoms with Crippen LogP contribution >= 0.6 is 0 Å². The lowest BCUT2D eigenvalue weighted by Crippen LogP contribution is -2.09. The monoisotopic (exact) mass is 469 g/mol. The minimum Gasteiger partial charge on any atom is -0.364 e. The fourth-order valence-electron chi connectivity index (χ4n) is 4.57.